The van der Waals surface area contributed by atoms with Crippen LogP contribution < -0.4 is 10.6 Å². The SMILES string of the molecule is COC(=O)N[C@H](C(=O)N[C@H](C)CCC[C@@H](CO)N(CCC(C)C)S(=O)(=O)c1ccc(CO)cc1)C(c1ccccc1)c1ccccc1. The van der Waals surface area contributed by atoms with Gasteiger partial charge in [-0.3, -0.25) is 4.79 Å². The number of methoxy groups -OCH3 is 1. The highest BCUT2D eigenvalue weighted by atomic mass is 32.2. The molecule has 0 saturated heterocycles. The summed E-state index contributed by atoms with van der Waals surface area (Å²) in [6, 6.07) is 23.1. The number of ether oxygens (including phenoxy) is 1. The van der Waals surface area contributed by atoms with Crippen LogP contribution in [0.2, 0.25) is 0 Å². The maximum atomic E-state index is 13.8. The van der Waals surface area contributed by atoms with Crippen molar-refractivity contribution in [3.63, 3.8) is 0 Å². The molecule has 0 heterocycles. The van der Waals surface area contributed by atoms with E-state index in [2.05, 4.69) is 10.6 Å². The second-order valence-electron chi connectivity index (χ2n) is 12.2. The summed E-state index contributed by atoms with van der Waals surface area (Å²) in [7, 11) is -2.67. The van der Waals surface area contributed by atoms with E-state index in [0.717, 1.165) is 11.1 Å². The van der Waals surface area contributed by atoms with Gasteiger partial charge in [0.15, 0.2) is 0 Å². The molecule has 10 nitrogen and oxygen atoms in total. The molecular formula is C36H49N3O7S. The van der Waals surface area contributed by atoms with Crippen LogP contribution in [0.4, 0.5) is 4.79 Å². The number of carbonyl (C=O) groups is 2. The predicted octanol–water partition coefficient (Wildman–Crippen LogP) is 4.81. The Morgan fingerprint density at radius 2 is 1.38 bits per heavy atom. The van der Waals surface area contributed by atoms with Gasteiger partial charge < -0.3 is 25.6 Å². The molecule has 0 unspecified atom stereocenters. The Hall–Kier alpha value is -3.77. The van der Waals surface area contributed by atoms with E-state index < -0.39 is 34.1 Å². The van der Waals surface area contributed by atoms with E-state index in [1.165, 1.54) is 23.5 Å². The monoisotopic (exact) mass is 667 g/mol. The topological polar surface area (TPSA) is 145 Å². The van der Waals surface area contributed by atoms with Gasteiger partial charge >= 0.3 is 6.09 Å². The largest absolute Gasteiger partial charge is 0.453 e. The van der Waals surface area contributed by atoms with Crippen LogP contribution in [-0.2, 0) is 26.2 Å². The zero-order valence-electron chi connectivity index (χ0n) is 27.7. The van der Waals surface area contributed by atoms with Crippen LogP contribution in [-0.4, -0.2) is 73.3 Å². The number of carbonyl (C=O) groups excluding carboxylic acids is 2. The Labute approximate surface area is 279 Å². The molecule has 3 aromatic rings. The molecular weight excluding hydrogens is 618 g/mol. The van der Waals surface area contributed by atoms with Crippen molar-refractivity contribution in [2.75, 3.05) is 20.3 Å². The maximum Gasteiger partial charge on any atom is 0.407 e. The average Bonchev–Trinajstić information content (AvgIpc) is 3.07. The molecule has 0 aromatic heterocycles. The number of alkyl carbamates (subject to hydrolysis) is 1. The third-order valence-corrected chi connectivity index (χ3v) is 10.2. The van der Waals surface area contributed by atoms with Gasteiger partial charge in [-0.05, 0) is 67.3 Å². The van der Waals surface area contributed by atoms with Gasteiger partial charge in [0.1, 0.15) is 6.04 Å². The van der Waals surface area contributed by atoms with Crippen molar-refractivity contribution in [3.05, 3.63) is 102 Å². The number of nitrogens with zero attached hydrogens (tertiary/aromatic N) is 1. The molecule has 47 heavy (non-hydrogen) atoms. The lowest BCUT2D eigenvalue weighted by molar-refractivity contribution is -0.124. The average molecular weight is 668 g/mol. The number of rotatable bonds is 18. The number of nitrogens with one attached hydrogen (secondary N) is 2. The van der Waals surface area contributed by atoms with Gasteiger partial charge in [0, 0.05) is 24.5 Å². The smallest absolute Gasteiger partial charge is 0.407 e. The summed E-state index contributed by atoms with van der Waals surface area (Å²) in [5.41, 5.74) is 2.31. The Kier molecular flexibility index (Phi) is 14.9. The molecule has 0 bridgehead atoms. The molecule has 2 amide bonds. The minimum absolute atomic E-state index is 0.105. The molecule has 0 radical (unpaired) electrons. The molecule has 256 valence electrons. The first kappa shape index (κ1) is 37.7. The molecule has 0 aliphatic carbocycles. The molecule has 3 rings (SSSR count). The summed E-state index contributed by atoms with van der Waals surface area (Å²) in [6.45, 7) is 5.60. The molecule has 3 atom stereocenters. The van der Waals surface area contributed by atoms with Crippen LogP contribution in [0.3, 0.4) is 0 Å². The summed E-state index contributed by atoms with van der Waals surface area (Å²) in [6.07, 6.45) is 1.31. The first-order valence-electron chi connectivity index (χ1n) is 16.1. The zero-order valence-corrected chi connectivity index (χ0v) is 28.5. The van der Waals surface area contributed by atoms with Crippen molar-refractivity contribution in [1.82, 2.24) is 14.9 Å². The highest BCUT2D eigenvalue weighted by Gasteiger charge is 2.34. The quantitative estimate of drug-likeness (QED) is 0.152. The van der Waals surface area contributed by atoms with Crippen LogP contribution >= 0.6 is 0 Å². The minimum atomic E-state index is -3.92. The summed E-state index contributed by atoms with van der Waals surface area (Å²) in [5.74, 6) is -0.624. The molecule has 4 N–H and O–H groups in total. The molecule has 3 aromatic carbocycles. The van der Waals surface area contributed by atoms with Crippen molar-refractivity contribution in [1.29, 1.82) is 0 Å². The number of benzene rings is 3. The van der Waals surface area contributed by atoms with E-state index in [0.29, 0.717) is 31.2 Å². The molecule has 0 spiro atoms. The second kappa shape index (κ2) is 18.5. The lowest BCUT2D eigenvalue weighted by atomic mass is 9.84. The molecule has 11 heteroatoms. The second-order valence-corrected chi connectivity index (χ2v) is 14.1. The Morgan fingerprint density at radius 3 is 1.87 bits per heavy atom. The lowest BCUT2D eigenvalue weighted by Crippen LogP contribution is -2.52. The van der Waals surface area contributed by atoms with Crippen LogP contribution in [0.1, 0.15) is 69.1 Å². The van der Waals surface area contributed by atoms with Crippen LogP contribution in [0.5, 0.6) is 0 Å². The van der Waals surface area contributed by atoms with Crippen molar-refractivity contribution in [2.45, 2.75) is 82.0 Å². The highest BCUT2D eigenvalue weighted by Crippen LogP contribution is 2.29. The van der Waals surface area contributed by atoms with Gasteiger partial charge in [-0.2, -0.15) is 4.31 Å². The molecule has 0 saturated carbocycles. The number of aliphatic hydroxyl groups is 2. The highest BCUT2D eigenvalue weighted by molar-refractivity contribution is 7.89. The summed E-state index contributed by atoms with van der Waals surface area (Å²) < 4.78 is 33.7. The summed E-state index contributed by atoms with van der Waals surface area (Å²) in [5, 5.41) is 25.5. The number of sulfonamides is 1. The standard InChI is InChI=1S/C36H49N3O7S/c1-26(2)22-23-39(47(44,45)32-20-18-28(24-40)19-21-32)31(25-41)17-11-12-27(3)37-35(42)34(38-36(43)46-4)33(29-13-7-5-8-14-29)30-15-9-6-10-16-30/h5-10,13-16,18-21,26-27,31,33-34,40-41H,11-12,17,22-25H2,1-4H3,(H,37,42)(H,38,43)/t27-,31+,34+/m1/s1. The first-order valence-corrected chi connectivity index (χ1v) is 17.5. The van der Waals surface area contributed by atoms with Gasteiger partial charge in [-0.25, -0.2) is 13.2 Å². The van der Waals surface area contributed by atoms with Crippen molar-refractivity contribution < 1.29 is 33.0 Å². The Balaban J connectivity index is 1.75. The van der Waals surface area contributed by atoms with E-state index in [4.69, 9.17) is 4.74 Å². The third-order valence-electron chi connectivity index (χ3n) is 8.21. The van der Waals surface area contributed by atoms with Crippen molar-refractivity contribution >= 4 is 22.0 Å². The van der Waals surface area contributed by atoms with Gasteiger partial charge in [0.25, 0.3) is 0 Å². The molecule has 0 aliphatic heterocycles. The van der Waals surface area contributed by atoms with E-state index >= 15 is 0 Å². The van der Waals surface area contributed by atoms with Gasteiger partial charge in [-0.15, -0.1) is 0 Å². The maximum absolute atomic E-state index is 13.8. The molecule has 0 aliphatic rings. The van der Waals surface area contributed by atoms with E-state index in [-0.39, 0.29) is 42.5 Å². The van der Waals surface area contributed by atoms with Crippen LogP contribution in [0.25, 0.3) is 0 Å². The first-order chi connectivity index (χ1) is 22.5. The summed E-state index contributed by atoms with van der Waals surface area (Å²) in [4.78, 5) is 26.4. The van der Waals surface area contributed by atoms with E-state index in [1.54, 1.807) is 12.1 Å². The number of hydrogen-bond acceptors (Lipinski definition) is 7. The lowest BCUT2D eigenvalue weighted by Gasteiger charge is -2.31. The molecule has 0 fully saturated rings. The van der Waals surface area contributed by atoms with Crippen LogP contribution in [0.15, 0.2) is 89.8 Å². The van der Waals surface area contributed by atoms with E-state index in [1.807, 2.05) is 81.4 Å². The fourth-order valence-corrected chi connectivity index (χ4v) is 7.22. The van der Waals surface area contributed by atoms with Crippen molar-refractivity contribution in [2.24, 2.45) is 5.92 Å². The number of amides is 2. The van der Waals surface area contributed by atoms with Gasteiger partial charge in [0.05, 0.1) is 25.2 Å². The van der Waals surface area contributed by atoms with E-state index in [9.17, 15) is 28.2 Å². The van der Waals surface area contributed by atoms with Gasteiger partial charge in [0.2, 0.25) is 15.9 Å². The van der Waals surface area contributed by atoms with Crippen molar-refractivity contribution in [3.8, 4) is 0 Å². The van der Waals surface area contributed by atoms with Crippen LogP contribution in [0, 0.1) is 5.92 Å². The third kappa shape index (κ3) is 10.9. The number of hydrogen-bond donors (Lipinski definition) is 4. The Bertz CT molecular complexity index is 1450. The normalized spacial score (nSPS) is 13.7. The minimum Gasteiger partial charge on any atom is -0.453 e. The summed E-state index contributed by atoms with van der Waals surface area (Å²) >= 11 is 0. The fourth-order valence-electron chi connectivity index (χ4n) is 5.56. The predicted molar refractivity (Wildman–Crippen MR) is 182 cm³/mol. The zero-order chi connectivity index (χ0) is 34.4. The Morgan fingerprint density at radius 1 is 0.809 bits per heavy atom. The fraction of sp³-hybridized carbons (Fsp3) is 0.444. The van der Waals surface area contributed by atoms with Gasteiger partial charge in [-0.1, -0.05) is 86.6 Å². The number of aliphatic hydroxyl groups excluding tert-OH is 2.